The van der Waals surface area contributed by atoms with Gasteiger partial charge in [0.05, 0.1) is 18.7 Å². The summed E-state index contributed by atoms with van der Waals surface area (Å²) in [6.45, 7) is 4.32. The zero-order valence-corrected chi connectivity index (χ0v) is 17.0. The number of benzene rings is 1. The first kappa shape index (κ1) is 21.3. The molecule has 8 nitrogen and oxygen atoms in total. The highest BCUT2D eigenvalue weighted by molar-refractivity contribution is 5.95. The van der Waals surface area contributed by atoms with E-state index < -0.39 is 12.0 Å². The SMILES string of the molecule is CCCCN1C(=O)NC(c2cccc(NC(=O)N(C)C)c2)C(C(=O)OC)=C1C. The van der Waals surface area contributed by atoms with Crippen LogP contribution in [0.4, 0.5) is 15.3 Å². The van der Waals surface area contributed by atoms with E-state index in [1.54, 1.807) is 50.2 Å². The van der Waals surface area contributed by atoms with E-state index in [-0.39, 0.29) is 12.1 Å². The number of hydrogen-bond donors (Lipinski definition) is 2. The Labute approximate surface area is 165 Å². The van der Waals surface area contributed by atoms with Gasteiger partial charge in [-0.1, -0.05) is 25.5 Å². The lowest BCUT2D eigenvalue weighted by molar-refractivity contribution is -0.136. The highest BCUT2D eigenvalue weighted by Crippen LogP contribution is 2.32. The summed E-state index contributed by atoms with van der Waals surface area (Å²) in [6.07, 6.45) is 1.76. The van der Waals surface area contributed by atoms with Gasteiger partial charge in [0.15, 0.2) is 0 Å². The van der Waals surface area contributed by atoms with Crippen LogP contribution in [0.3, 0.4) is 0 Å². The van der Waals surface area contributed by atoms with Crippen molar-refractivity contribution >= 4 is 23.7 Å². The van der Waals surface area contributed by atoms with Crippen molar-refractivity contribution in [2.75, 3.05) is 33.1 Å². The number of hydrogen-bond acceptors (Lipinski definition) is 4. The molecule has 1 aromatic rings. The molecule has 2 N–H and O–H groups in total. The second-order valence-electron chi connectivity index (χ2n) is 6.83. The zero-order chi connectivity index (χ0) is 20.8. The molecule has 1 aliphatic heterocycles. The number of unbranched alkanes of at least 4 members (excludes halogenated alkanes) is 1. The first-order valence-electron chi connectivity index (χ1n) is 9.25. The van der Waals surface area contributed by atoms with Crippen molar-refractivity contribution in [1.29, 1.82) is 0 Å². The summed E-state index contributed by atoms with van der Waals surface area (Å²) in [6, 6.07) is 5.87. The molecule has 0 saturated heterocycles. The normalized spacial score (nSPS) is 16.5. The van der Waals surface area contributed by atoms with Crippen molar-refractivity contribution < 1.29 is 19.1 Å². The van der Waals surface area contributed by atoms with Gasteiger partial charge in [-0.2, -0.15) is 0 Å². The Bertz CT molecular complexity index is 788. The summed E-state index contributed by atoms with van der Waals surface area (Å²) in [5.74, 6) is -0.494. The monoisotopic (exact) mass is 388 g/mol. The average Bonchev–Trinajstić information content (AvgIpc) is 2.67. The number of methoxy groups -OCH3 is 1. The van der Waals surface area contributed by atoms with Crippen LogP contribution in [-0.4, -0.2) is 55.6 Å². The minimum atomic E-state index is -0.658. The molecule has 8 heteroatoms. The van der Waals surface area contributed by atoms with Gasteiger partial charge in [-0.3, -0.25) is 4.90 Å². The third-order valence-electron chi connectivity index (χ3n) is 4.61. The van der Waals surface area contributed by atoms with Crippen molar-refractivity contribution in [2.24, 2.45) is 0 Å². The largest absolute Gasteiger partial charge is 0.466 e. The molecule has 2 rings (SSSR count). The van der Waals surface area contributed by atoms with Crippen LogP contribution in [0.25, 0.3) is 0 Å². The molecule has 0 aliphatic carbocycles. The van der Waals surface area contributed by atoms with E-state index >= 15 is 0 Å². The number of nitrogens with one attached hydrogen (secondary N) is 2. The predicted molar refractivity (Wildman–Crippen MR) is 107 cm³/mol. The van der Waals surface area contributed by atoms with Crippen LogP contribution in [0, 0.1) is 0 Å². The van der Waals surface area contributed by atoms with Gasteiger partial charge in [0.1, 0.15) is 0 Å². The fraction of sp³-hybridized carbons (Fsp3) is 0.450. The van der Waals surface area contributed by atoms with E-state index in [0.29, 0.717) is 29.1 Å². The Hall–Kier alpha value is -3.03. The maximum Gasteiger partial charge on any atom is 0.337 e. The van der Waals surface area contributed by atoms with E-state index in [1.165, 1.54) is 12.0 Å². The van der Waals surface area contributed by atoms with Crippen LogP contribution < -0.4 is 10.6 Å². The summed E-state index contributed by atoms with van der Waals surface area (Å²) in [4.78, 5) is 40.1. The van der Waals surface area contributed by atoms with E-state index in [1.807, 2.05) is 6.92 Å². The van der Waals surface area contributed by atoms with Gasteiger partial charge in [0.2, 0.25) is 0 Å². The van der Waals surface area contributed by atoms with Crippen LogP contribution >= 0.6 is 0 Å². The van der Waals surface area contributed by atoms with Crippen molar-refractivity contribution in [2.45, 2.75) is 32.7 Å². The molecule has 1 atom stereocenters. The van der Waals surface area contributed by atoms with E-state index in [4.69, 9.17) is 4.74 Å². The molecule has 1 aromatic carbocycles. The fourth-order valence-electron chi connectivity index (χ4n) is 3.02. The van der Waals surface area contributed by atoms with Gasteiger partial charge in [-0.05, 0) is 31.0 Å². The number of urea groups is 2. The number of amides is 4. The highest BCUT2D eigenvalue weighted by Gasteiger charge is 2.36. The van der Waals surface area contributed by atoms with Crippen LogP contribution in [0.5, 0.6) is 0 Å². The first-order chi connectivity index (χ1) is 13.3. The first-order valence-corrected chi connectivity index (χ1v) is 9.25. The fourth-order valence-corrected chi connectivity index (χ4v) is 3.02. The maximum absolute atomic E-state index is 12.7. The molecular weight excluding hydrogens is 360 g/mol. The van der Waals surface area contributed by atoms with Crippen molar-refractivity contribution in [3.8, 4) is 0 Å². The van der Waals surface area contributed by atoms with Gasteiger partial charge in [0.25, 0.3) is 0 Å². The van der Waals surface area contributed by atoms with Gasteiger partial charge in [-0.25, -0.2) is 14.4 Å². The molecule has 1 heterocycles. The molecule has 0 spiro atoms. The molecule has 0 fully saturated rings. The Kier molecular flexibility index (Phi) is 7.03. The molecule has 0 aromatic heterocycles. The summed E-state index contributed by atoms with van der Waals surface area (Å²) in [5.41, 5.74) is 2.21. The van der Waals surface area contributed by atoms with Crippen molar-refractivity contribution in [3.05, 3.63) is 41.1 Å². The zero-order valence-electron chi connectivity index (χ0n) is 17.0. The van der Waals surface area contributed by atoms with E-state index in [2.05, 4.69) is 10.6 Å². The van der Waals surface area contributed by atoms with Crippen molar-refractivity contribution in [1.82, 2.24) is 15.1 Å². The van der Waals surface area contributed by atoms with Crippen LogP contribution in [0.1, 0.15) is 38.3 Å². The standard InChI is InChI=1S/C20H28N4O4/c1-6-7-11-24-13(2)16(18(25)28-5)17(22-20(24)27)14-9-8-10-15(12-14)21-19(26)23(3)4/h8-10,12,17H,6-7,11H2,1-5H3,(H,21,26)(H,22,27). The number of carbonyl (C=O) groups is 3. The molecular formula is C20H28N4O4. The van der Waals surface area contributed by atoms with E-state index in [9.17, 15) is 14.4 Å². The minimum Gasteiger partial charge on any atom is -0.466 e. The van der Waals surface area contributed by atoms with Gasteiger partial charge >= 0.3 is 18.0 Å². The molecule has 0 radical (unpaired) electrons. The third-order valence-corrected chi connectivity index (χ3v) is 4.61. The highest BCUT2D eigenvalue weighted by atomic mass is 16.5. The molecule has 28 heavy (non-hydrogen) atoms. The minimum absolute atomic E-state index is 0.258. The number of ether oxygens (including phenoxy) is 1. The number of esters is 1. The number of rotatable bonds is 6. The van der Waals surface area contributed by atoms with Gasteiger partial charge < -0.3 is 20.3 Å². The molecule has 0 bridgehead atoms. The number of allylic oxidation sites excluding steroid dienone is 1. The second-order valence-corrected chi connectivity index (χ2v) is 6.83. The van der Waals surface area contributed by atoms with Crippen LogP contribution in [0.15, 0.2) is 35.5 Å². The second kappa shape index (κ2) is 9.25. The number of anilines is 1. The third kappa shape index (κ3) is 4.62. The van der Waals surface area contributed by atoms with Crippen LogP contribution in [-0.2, 0) is 9.53 Å². The van der Waals surface area contributed by atoms with Gasteiger partial charge in [-0.15, -0.1) is 0 Å². The molecule has 4 amide bonds. The molecule has 152 valence electrons. The van der Waals surface area contributed by atoms with E-state index in [0.717, 1.165) is 12.8 Å². The maximum atomic E-state index is 12.7. The predicted octanol–water partition coefficient (Wildman–Crippen LogP) is 3.09. The molecule has 0 saturated carbocycles. The van der Waals surface area contributed by atoms with Crippen LogP contribution in [0.2, 0.25) is 0 Å². The lowest BCUT2D eigenvalue weighted by Crippen LogP contribution is -2.48. The Morgan fingerprint density at radius 1 is 1.32 bits per heavy atom. The number of nitrogens with zero attached hydrogens (tertiary/aromatic N) is 2. The summed E-state index contributed by atoms with van der Waals surface area (Å²) >= 11 is 0. The topological polar surface area (TPSA) is 91.0 Å². The summed E-state index contributed by atoms with van der Waals surface area (Å²) in [7, 11) is 4.61. The number of carbonyl (C=O) groups excluding carboxylic acids is 3. The molecule has 1 unspecified atom stereocenters. The summed E-state index contributed by atoms with van der Waals surface area (Å²) < 4.78 is 4.97. The smallest absolute Gasteiger partial charge is 0.337 e. The average molecular weight is 388 g/mol. The van der Waals surface area contributed by atoms with Gasteiger partial charge in [0, 0.05) is 32.0 Å². The quantitative estimate of drug-likeness (QED) is 0.733. The Balaban J connectivity index is 2.43. The Morgan fingerprint density at radius 2 is 2.04 bits per heavy atom. The Morgan fingerprint density at radius 3 is 2.64 bits per heavy atom. The lowest BCUT2D eigenvalue weighted by atomic mass is 9.94. The summed E-state index contributed by atoms with van der Waals surface area (Å²) in [5, 5.41) is 5.67. The lowest BCUT2D eigenvalue weighted by Gasteiger charge is -2.35. The molecule has 1 aliphatic rings. The van der Waals surface area contributed by atoms with Crippen molar-refractivity contribution in [3.63, 3.8) is 0 Å².